The van der Waals surface area contributed by atoms with Gasteiger partial charge in [-0.15, -0.1) is 0 Å². The maximum atomic E-state index is 11.0. The Morgan fingerprint density at radius 1 is 1.28 bits per heavy atom. The van der Waals surface area contributed by atoms with Crippen LogP contribution in [-0.4, -0.2) is 21.0 Å². The standard InChI is InChI=1S/C12H9BrN2O2S/c13-9-4-2-6-15-11(9)18-7-10-8(12(16)17)3-1-5-14-10/h1-6H,7H2,(H,16,17). The van der Waals surface area contributed by atoms with E-state index in [0.717, 1.165) is 9.50 Å². The van der Waals surface area contributed by atoms with E-state index in [4.69, 9.17) is 5.11 Å². The molecular weight excluding hydrogens is 316 g/mol. The molecule has 2 aromatic heterocycles. The number of hydrogen-bond acceptors (Lipinski definition) is 4. The van der Waals surface area contributed by atoms with Gasteiger partial charge in [-0.25, -0.2) is 9.78 Å². The maximum Gasteiger partial charge on any atom is 0.337 e. The Hall–Kier alpha value is -1.40. The van der Waals surface area contributed by atoms with Crippen molar-refractivity contribution in [1.82, 2.24) is 9.97 Å². The van der Waals surface area contributed by atoms with Crippen molar-refractivity contribution in [1.29, 1.82) is 0 Å². The molecular formula is C12H9BrN2O2S. The smallest absolute Gasteiger partial charge is 0.337 e. The van der Waals surface area contributed by atoms with Gasteiger partial charge in [0.1, 0.15) is 5.03 Å². The van der Waals surface area contributed by atoms with Gasteiger partial charge < -0.3 is 5.11 Å². The minimum Gasteiger partial charge on any atom is -0.478 e. The van der Waals surface area contributed by atoms with Crippen molar-refractivity contribution in [3.63, 3.8) is 0 Å². The normalized spacial score (nSPS) is 10.3. The molecule has 0 fully saturated rings. The molecule has 0 bridgehead atoms. The lowest BCUT2D eigenvalue weighted by molar-refractivity contribution is 0.0695. The molecule has 2 aromatic rings. The van der Waals surface area contributed by atoms with E-state index >= 15 is 0 Å². The summed E-state index contributed by atoms with van der Waals surface area (Å²) in [6, 6.07) is 6.90. The van der Waals surface area contributed by atoms with Gasteiger partial charge in [-0.05, 0) is 40.2 Å². The number of pyridine rings is 2. The second kappa shape index (κ2) is 5.97. The van der Waals surface area contributed by atoms with Crippen LogP contribution in [0.25, 0.3) is 0 Å². The van der Waals surface area contributed by atoms with Crippen molar-refractivity contribution in [2.75, 3.05) is 0 Å². The van der Waals surface area contributed by atoms with E-state index in [1.165, 1.54) is 11.8 Å². The fraction of sp³-hybridized carbons (Fsp3) is 0.0833. The molecule has 6 heteroatoms. The lowest BCUT2D eigenvalue weighted by Gasteiger charge is -2.05. The van der Waals surface area contributed by atoms with E-state index in [9.17, 15) is 4.79 Å². The van der Waals surface area contributed by atoms with Gasteiger partial charge in [0.15, 0.2) is 0 Å². The van der Waals surface area contributed by atoms with Crippen molar-refractivity contribution in [3.8, 4) is 0 Å². The molecule has 4 nitrogen and oxygen atoms in total. The predicted octanol–water partition coefficient (Wildman–Crippen LogP) is 3.23. The van der Waals surface area contributed by atoms with Crippen molar-refractivity contribution in [3.05, 3.63) is 52.4 Å². The zero-order valence-electron chi connectivity index (χ0n) is 9.21. The van der Waals surface area contributed by atoms with Crippen molar-refractivity contribution >= 4 is 33.7 Å². The first-order valence-corrected chi connectivity index (χ1v) is 6.87. The Morgan fingerprint density at radius 2 is 2.00 bits per heavy atom. The van der Waals surface area contributed by atoms with Crippen LogP contribution in [-0.2, 0) is 5.75 Å². The molecule has 0 spiro atoms. The average molecular weight is 325 g/mol. The third-order valence-electron chi connectivity index (χ3n) is 2.19. The lowest BCUT2D eigenvalue weighted by atomic mass is 10.2. The largest absolute Gasteiger partial charge is 0.478 e. The molecule has 0 saturated heterocycles. The minimum atomic E-state index is -0.959. The summed E-state index contributed by atoms with van der Waals surface area (Å²) in [6.07, 6.45) is 3.29. The molecule has 0 aliphatic heterocycles. The highest BCUT2D eigenvalue weighted by Crippen LogP contribution is 2.27. The Bertz CT molecular complexity index is 578. The molecule has 0 aliphatic carbocycles. The number of nitrogens with zero attached hydrogens (tertiary/aromatic N) is 2. The van der Waals surface area contributed by atoms with Crippen LogP contribution in [0.4, 0.5) is 0 Å². The highest BCUT2D eigenvalue weighted by Gasteiger charge is 2.11. The summed E-state index contributed by atoms with van der Waals surface area (Å²) in [5.41, 5.74) is 0.782. The molecule has 92 valence electrons. The summed E-state index contributed by atoms with van der Waals surface area (Å²) >= 11 is 4.85. The Labute approximate surface area is 117 Å². The van der Waals surface area contributed by atoms with Crippen molar-refractivity contribution < 1.29 is 9.90 Å². The molecule has 18 heavy (non-hydrogen) atoms. The van der Waals surface area contributed by atoms with E-state index in [2.05, 4.69) is 25.9 Å². The first kappa shape index (κ1) is 13.0. The molecule has 0 amide bonds. The monoisotopic (exact) mass is 324 g/mol. The molecule has 0 aromatic carbocycles. The maximum absolute atomic E-state index is 11.0. The molecule has 0 aliphatic rings. The van der Waals surface area contributed by atoms with E-state index < -0.39 is 5.97 Å². The summed E-state index contributed by atoms with van der Waals surface area (Å²) < 4.78 is 0.891. The van der Waals surface area contributed by atoms with Crippen LogP contribution in [0.2, 0.25) is 0 Å². The minimum absolute atomic E-state index is 0.233. The van der Waals surface area contributed by atoms with E-state index in [1.807, 2.05) is 12.1 Å². The average Bonchev–Trinajstić information content (AvgIpc) is 2.38. The second-order valence-electron chi connectivity index (χ2n) is 3.38. The number of rotatable bonds is 4. The van der Waals surface area contributed by atoms with Crippen LogP contribution >= 0.6 is 27.7 Å². The number of carbonyl (C=O) groups is 1. The SMILES string of the molecule is O=C(O)c1cccnc1CSc1ncccc1Br. The zero-order chi connectivity index (χ0) is 13.0. The molecule has 0 saturated carbocycles. The number of thioether (sulfide) groups is 1. The molecule has 0 radical (unpaired) electrons. The van der Waals surface area contributed by atoms with Crippen molar-refractivity contribution in [2.24, 2.45) is 0 Å². The van der Waals surface area contributed by atoms with Gasteiger partial charge in [0.2, 0.25) is 0 Å². The summed E-state index contributed by atoms with van der Waals surface area (Å²) in [6.45, 7) is 0. The van der Waals surface area contributed by atoms with Gasteiger partial charge in [0, 0.05) is 22.6 Å². The van der Waals surface area contributed by atoms with Crippen LogP contribution in [0.3, 0.4) is 0 Å². The molecule has 0 unspecified atom stereocenters. The fourth-order valence-corrected chi connectivity index (χ4v) is 2.81. The molecule has 2 heterocycles. The molecule has 1 N–H and O–H groups in total. The fourth-order valence-electron chi connectivity index (χ4n) is 1.36. The van der Waals surface area contributed by atoms with Crippen LogP contribution in [0.5, 0.6) is 0 Å². The lowest BCUT2D eigenvalue weighted by Crippen LogP contribution is -2.03. The van der Waals surface area contributed by atoms with Gasteiger partial charge in [-0.2, -0.15) is 0 Å². The van der Waals surface area contributed by atoms with Crippen LogP contribution in [0.15, 0.2) is 46.2 Å². The Balaban J connectivity index is 2.16. The summed E-state index contributed by atoms with van der Waals surface area (Å²) in [4.78, 5) is 19.3. The van der Waals surface area contributed by atoms with Crippen LogP contribution in [0, 0.1) is 0 Å². The highest BCUT2D eigenvalue weighted by atomic mass is 79.9. The van der Waals surface area contributed by atoms with Crippen LogP contribution < -0.4 is 0 Å². The van der Waals surface area contributed by atoms with E-state index in [1.54, 1.807) is 24.5 Å². The first-order chi connectivity index (χ1) is 8.68. The molecule has 0 atom stereocenters. The Morgan fingerprint density at radius 3 is 2.72 bits per heavy atom. The third kappa shape index (κ3) is 3.08. The third-order valence-corrected chi connectivity index (χ3v) is 4.11. The quantitative estimate of drug-likeness (QED) is 0.875. The van der Waals surface area contributed by atoms with E-state index in [-0.39, 0.29) is 5.56 Å². The second-order valence-corrected chi connectivity index (χ2v) is 5.20. The number of aromatic carboxylic acids is 1. The topological polar surface area (TPSA) is 63.1 Å². The summed E-state index contributed by atoms with van der Waals surface area (Å²) in [5.74, 6) is -0.489. The first-order valence-electron chi connectivity index (χ1n) is 5.09. The zero-order valence-corrected chi connectivity index (χ0v) is 11.6. The summed E-state index contributed by atoms with van der Waals surface area (Å²) in [7, 11) is 0. The van der Waals surface area contributed by atoms with Gasteiger partial charge in [0.25, 0.3) is 0 Å². The number of carboxylic acid groups (broad SMARTS) is 1. The number of carboxylic acids is 1. The molecule has 2 rings (SSSR count). The van der Waals surface area contributed by atoms with Crippen LogP contribution in [0.1, 0.15) is 16.1 Å². The highest BCUT2D eigenvalue weighted by molar-refractivity contribution is 9.10. The number of halogens is 1. The van der Waals surface area contributed by atoms with Gasteiger partial charge in [0.05, 0.1) is 11.3 Å². The predicted molar refractivity (Wildman–Crippen MR) is 72.7 cm³/mol. The van der Waals surface area contributed by atoms with Gasteiger partial charge in [-0.1, -0.05) is 11.8 Å². The Kier molecular flexibility index (Phi) is 4.33. The van der Waals surface area contributed by atoms with Gasteiger partial charge >= 0.3 is 5.97 Å². The van der Waals surface area contributed by atoms with Crippen molar-refractivity contribution in [2.45, 2.75) is 10.8 Å². The van der Waals surface area contributed by atoms with Gasteiger partial charge in [-0.3, -0.25) is 4.98 Å². The number of aromatic nitrogens is 2. The number of hydrogen-bond donors (Lipinski definition) is 1. The van der Waals surface area contributed by atoms with E-state index in [0.29, 0.717) is 11.4 Å². The summed E-state index contributed by atoms with van der Waals surface area (Å²) in [5, 5.41) is 9.86.